The van der Waals surface area contributed by atoms with Crippen molar-refractivity contribution < 1.29 is 4.79 Å². The van der Waals surface area contributed by atoms with Crippen LogP contribution in [-0.4, -0.2) is 37.9 Å². The van der Waals surface area contributed by atoms with Crippen LogP contribution in [0.15, 0.2) is 83.9 Å². The lowest BCUT2D eigenvalue weighted by molar-refractivity contribution is 0.0954. The van der Waals surface area contributed by atoms with Crippen molar-refractivity contribution in [3.05, 3.63) is 102 Å². The number of nitrogens with zero attached hydrogens (tertiary/aromatic N) is 4. The molecule has 1 unspecified atom stereocenters. The van der Waals surface area contributed by atoms with E-state index < -0.39 is 0 Å². The van der Waals surface area contributed by atoms with Gasteiger partial charge in [-0.05, 0) is 65.1 Å². The van der Waals surface area contributed by atoms with Crippen molar-refractivity contribution in [1.82, 2.24) is 24.8 Å². The quantitative estimate of drug-likeness (QED) is 0.149. The van der Waals surface area contributed by atoms with Gasteiger partial charge in [-0.25, -0.2) is 15.0 Å². The maximum Gasteiger partial charge on any atom is 0.251 e. The number of aliphatic imine (C=N–C) groups is 1. The second-order valence-corrected chi connectivity index (χ2v) is 11.0. The van der Waals surface area contributed by atoms with Crippen LogP contribution >= 0.6 is 0 Å². The van der Waals surface area contributed by atoms with Crippen molar-refractivity contribution in [3.8, 4) is 0 Å². The van der Waals surface area contributed by atoms with Gasteiger partial charge < -0.3 is 26.3 Å². The Morgan fingerprint density at radius 1 is 0.976 bits per heavy atom. The van der Waals surface area contributed by atoms with Gasteiger partial charge in [0.15, 0.2) is 5.96 Å². The number of aryl methyl sites for hydroxylation is 1. The molecule has 0 saturated carbocycles. The van der Waals surface area contributed by atoms with Gasteiger partial charge in [0.05, 0.1) is 33.7 Å². The molecule has 0 radical (unpaired) electrons. The summed E-state index contributed by atoms with van der Waals surface area (Å²) in [5, 5.41) is 5.52. The monoisotopic (exact) mass is 558 g/mol. The number of carbonyl (C=O) groups is 1. The standard InChI is InChI=1S/C33H34N8O/c1-19(2)29(30-38-25-14-12-23(37-33(34)35)18-27(25)39-30)31-40-26-13-11-22(17-28(26)41(31)3)32(42)36-16-15-21-9-6-8-20-7-4-5-10-24(20)21/h4-14,17-19,29H,15-16H2,1-3H3,(H,36,42)(H,38,39)(H4,34,35,37). The molecule has 0 aliphatic heterocycles. The molecule has 2 heterocycles. The summed E-state index contributed by atoms with van der Waals surface area (Å²) in [6.07, 6.45) is 0.756. The molecule has 6 rings (SSSR count). The van der Waals surface area contributed by atoms with Gasteiger partial charge in [0.1, 0.15) is 11.6 Å². The van der Waals surface area contributed by atoms with Crippen molar-refractivity contribution in [2.45, 2.75) is 26.2 Å². The molecule has 6 aromatic rings. The predicted molar refractivity (Wildman–Crippen MR) is 169 cm³/mol. The normalized spacial score (nSPS) is 12.3. The third kappa shape index (κ3) is 5.16. The molecular weight excluding hydrogens is 524 g/mol. The van der Waals surface area contributed by atoms with Crippen molar-refractivity contribution >= 4 is 50.4 Å². The van der Waals surface area contributed by atoms with E-state index in [9.17, 15) is 4.79 Å². The van der Waals surface area contributed by atoms with Gasteiger partial charge >= 0.3 is 0 Å². The van der Waals surface area contributed by atoms with E-state index >= 15 is 0 Å². The molecule has 0 aliphatic carbocycles. The zero-order valence-corrected chi connectivity index (χ0v) is 23.9. The molecule has 0 saturated heterocycles. The first-order valence-electron chi connectivity index (χ1n) is 14.1. The largest absolute Gasteiger partial charge is 0.370 e. The van der Waals surface area contributed by atoms with Gasteiger partial charge in [-0.1, -0.05) is 56.3 Å². The van der Waals surface area contributed by atoms with E-state index in [0.29, 0.717) is 17.8 Å². The van der Waals surface area contributed by atoms with Crippen LogP contribution in [0.5, 0.6) is 0 Å². The summed E-state index contributed by atoms with van der Waals surface area (Å²) in [7, 11) is 1.99. The van der Waals surface area contributed by atoms with Crippen LogP contribution in [0.25, 0.3) is 32.8 Å². The Bertz CT molecular complexity index is 1960. The minimum absolute atomic E-state index is 0.00622. The number of hydrogen-bond donors (Lipinski definition) is 4. The Kier molecular flexibility index (Phi) is 7.08. The average molecular weight is 559 g/mol. The second kappa shape index (κ2) is 11.0. The van der Waals surface area contributed by atoms with Crippen LogP contribution in [0.4, 0.5) is 5.69 Å². The lowest BCUT2D eigenvalue weighted by Gasteiger charge is -2.18. The molecule has 6 N–H and O–H groups in total. The molecule has 42 heavy (non-hydrogen) atoms. The molecule has 4 aromatic carbocycles. The lowest BCUT2D eigenvalue weighted by Crippen LogP contribution is -2.25. The molecule has 212 valence electrons. The van der Waals surface area contributed by atoms with Crippen LogP contribution in [0.1, 0.15) is 47.3 Å². The van der Waals surface area contributed by atoms with E-state index in [2.05, 4.69) is 64.0 Å². The highest BCUT2D eigenvalue weighted by molar-refractivity contribution is 5.97. The van der Waals surface area contributed by atoms with Crippen LogP contribution in [0.2, 0.25) is 0 Å². The number of nitrogens with one attached hydrogen (secondary N) is 2. The Labute approximate surface area is 243 Å². The zero-order valence-electron chi connectivity index (χ0n) is 23.9. The van der Waals surface area contributed by atoms with E-state index in [1.165, 1.54) is 16.3 Å². The summed E-state index contributed by atoms with van der Waals surface area (Å²) in [6, 6.07) is 25.9. The molecule has 0 fully saturated rings. The molecule has 1 atom stereocenters. The predicted octanol–water partition coefficient (Wildman–Crippen LogP) is 5.27. The second-order valence-electron chi connectivity index (χ2n) is 11.0. The van der Waals surface area contributed by atoms with Crippen molar-refractivity contribution in [2.75, 3.05) is 6.54 Å². The van der Waals surface area contributed by atoms with E-state index in [4.69, 9.17) is 21.4 Å². The summed E-state index contributed by atoms with van der Waals surface area (Å²) in [4.78, 5) is 30.6. The van der Waals surface area contributed by atoms with Crippen LogP contribution in [-0.2, 0) is 13.5 Å². The van der Waals surface area contributed by atoms with Gasteiger partial charge in [0, 0.05) is 19.2 Å². The Balaban J connectivity index is 1.24. The first-order valence-corrected chi connectivity index (χ1v) is 14.1. The van der Waals surface area contributed by atoms with Crippen LogP contribution in [0, 0.1) is 5.92 Å². The maximum atomic E-state index is 13.1. The fourth-order valence-electron chi connectivity index (χ4n) is 5.67. The fourth-order valence-corrected chi connectivity index (χ4v) is 5.67. The van der Waals surface area contributed by atoms with Crippen LogP contribution in [0.3, 0.4) is 0 Å². The number of fused-ring (bicyclic) bond motifs is 3. The lowest BCUT2D eigenvalue weighted by atomic mass is 9.94. The molecule has 1 amide bonds. The zero-order chi connectivity index (χ0) is 29.4. The number of nitrogens with two attached hydrogens (primary N) is 2. The van der Waals surface area contributed by atoms with E-state index in [-0.39, 0.29) is 23.7 Å². The SMILES string of the molecule is CC(C)C(c1nc2ccc(N=C(N)N)cc2[nH]1)c1nc2ccc(C(=O)NCCc3cccc4ccccc34)cc2n1C. The van der Waals surface area contributed by atoms with Crippen molar-refractivity contribution in [2.24, 2.45) is 29.4 Å². The molecule has 0 spiro atoms. The first-order chi connectivity index (χ1) is 20.3. The highest BCUT2D eigenvalue weighted by Gasteiger charge is 2.27. The summed E-state index contributed by atoms with van der Waals surface area (Å²) in [5.41, 5.74) is 17.0. The smallest absolute Gasteiger partial charge is 0.251 e. The molecule has 0 bridgehead atoms. The number of hydrogen-bond acceptors (Lipinski definition) is 4. The maximum absolute atomic E-state index is 13.1. The Morgan fingerprint density at radius 3 is 2.57 bits per heavy atom. The van der Waals surface area contributed by atoms with E-state index in [0.717, 1.165) is 40.1 Å². The van der Waals surface area contributed by atoms with Gasteiger partial charge in [0.25, 0.3) is 5.91 Å². The molecular formula is C33H34N8O. The van der Waals surface area contributed by atoms with Gasteiger partial charge in [-0.15, -0.1) is 0 Å². The molecule has 9 nitrogen and oxygen atoms in total. The number of aromatic nitrogens is 4. The average Bonchev–Trinajstić information content (AvgIpc) is 3.52. The van der Waals surface area contributed by atoms with Crippen molar-refractivity contribution in [3.63, 3.8) is 0 Å². The number of aromatic amines is 1. The third-order valence-electron chi connectivity index (χ3n) is 7.72. The van der Waals surface area contributed by atoms with Gasteiger partial charge in [-0.2, -0.15) is 0 Å². The molecule has 0 aliphatic rings. The summed E-state index contributed by atoms with van der Waals surface area (Å²) in [5.74, 6) is 1.69. The minimum Gasteiger partial charge on any atom is -0.370 e. The third-order valence-corrected chi connectivity index (χ3v) is 7.72. The molecule has 9 heteroatoms. The van der Waals surface area contributed by atoms with E-state index in [1.807, 2.05) is 55.6 Å². The summed E-state index contributed by atoms with van der Waals surface area (Å²) in [6.45, 7) is 4.85. The van der Waals surface area contributed by atoms with Crippen LogP contribution < -0.4 is 16.8 Å². The Morgan fingerprint density at radius 2 is 1.76 bits per heavy atom. The topological polar surface area (TPSA) is 140 Å². The number of rotatable bonds is 8. The number of benzene rings is 4. The number of guanidine groups is 1. The number of carbonyl (C=O) groups excluding carboxylic acids is 1. The number of amides is 1. The fraction of sp³-hybridized carbons (Fsp3) is 0.212. The summed E-state index contributed by atoms with van der Waals surface area (Å²) < 4.78 is 2.06. The number of H-pyrrole nitrogens is 1. The van der Waals surface area contributed by atoms with E-state index in [1.54, 1.807) is 0 Å². The number of imidazole rings is 2. The highest BCUT2D eigenvalue weighted by Crippen LogP contribution is 2.33. The first kappa shape index (κ1) is 27.0. The highest BCUT2D eigenvalue weighted by atomic mass is 16.1. The van der Waals surface area contributed by atoms with Gasteiger partial charge in [-0.3, -0.25) is 4.79 Å². The minimum atomic E-state index is -0.103. The Hall–Kier alpha value is -5.18. The van der Waals surface area contributed by atoms with Crippen molar-refractivity contribution in [1.29, 1.82) is 0 Å². The molecule has 2 aromatic heterocycles. The van der Waals surface area contributed by atoms with Gasteiger partial charge in [0.2, 0.25) is 0 Å². The summed E-state index contributed by atoms with van der Waals surface area (Å²) >= 11 is 0.